The normalized spacial score (nSPS) is 17.4. The zero-order valence-corrected chi connectivity index (χ0v) is 12.8. The van der Waals surface area contributed by atoms with Crippen molar-refractivity contribution >= 4 is 11.5 Å². The first-order valence-corrected chi connectivity index (χ1v) is 7.82. The third-order valence-corrected chi connectivity index (χ3v) is 4.16. The van der Waals surface area contributed by atoms with Gasteiger partial charge < -0.3 is 10.2 Å². The summed E-state index contributed by atoms with van der Waals surface area (Å²) in [5.74, 6) is 0.966. The summed E-state index contributed by atoms with van der Waals surface area (Å²) in [5.41, 5.74) is 3.95. The number of pyridine rings is 1. The van der Waals surface area contributed by atoms with E-state index in [1.165, 1.54) is 24.1 Å². The molecule has 1 N–H and O–H groups in total. The number of hydrogen-bond donors (Lipinski definition) is 1. The molecular formula is C18H23N3. The largest absolute Gasteiger partial charge is 0.370 e. The minimum atomic E-state index is 0.560. The van der Waals surface area contributed by atoms with E-state index in [0.29, 0.717) is 6.04 Å². The van der Waals surface area contributed by atoms with Crippen LogP contribution >= 0.6 is 0 Å². The summed E-state index contributed by atoms with van der Waals surface area (Å²) in [6.45, 7) is 6.18. The summed E-state index contributed by atoms with van der Waals surface area (Å²) in [6.07, 6.45) is 2.39. The molecule has 2 heterocycles. The number of anilines is 2. The molecule has 3 rings (SSSR count). The highest BCUT2D eigenvalue weighted by molar-refractivity contribution is 5.56. The van der Waals surface area contributed by atoms with Crippen LogP contribution in [0.4, 0.5) is 11.5 Å². The maximum absolute atomic E-state index is 4.71. The fraction of sp³-hybridized carbons (Fsp3) is 0.389. The Balaban J connectivity index is 1.85. The van der Waals surface area contributed by atoms with Gasteiger partial charge in [-0.15, -0.1) is 0 Å². The maximum Gasteiger partial charge on any atom is 0.126 e. The molecule has 0 fully saturated rings. The standard InChI is InChI=1S/C18H23N3/c1-3-19-18-10-6-8-16(20-18)13-21-14(2)11-12-15-7-4-5-9-17(15)21/h4-10,14H,3,11-13H2,1-2H3,(H,19,20). The molecule has 2 aromatic rings. The van der Waals surface area contributed by atoms with Gasteiger partial charge in [-0.05, 0) is 50.5 Å². The van der Waals surface area contributed by atoms with Crippen molar-refractivity contribution in [1.82, 2.24) is 4.98 Å². The van der Waals surface area contributed by atoms with E-state index in [4.69, 9.17) is 4.98 Å². The second-order valence-electron chi connectivity index (χ2n) is 5.69. The van der Waals surface area contributed by atoms with Crippen LogP contribution in [0.1, 0.15) is 31.5 Å². The summed E-state index contributed by atoms with van der Waals surface area (Å²) >= 11 is 0. The Bertz CT molecular complexity index is 609. The maximum atomic E-state index is 4.71. The van der Waals surface area contributed by atoms with Gasteiger partial charge in [0.1, 0.15) is 5.82 Å². The number of benzene rings is 1. The van der Waals surface area contributed by atoms with Crippen molar-refractivity contribution < 1.29 is 0 Å². The molecule has 3 nitrogen and oxygen atoms in total. The summed E-state index contributed by atoms with van der Waals surface area (Å²) in [7, 11) is 0. The van der Waals surface area contributed by atoms with Crippen LogP contribution in [0, 0.1) is 0 Å². The van der Waals surface area contributed by atoms with Crippen LogP contribution in [-0.2, 0) is 13.0 Å². The first-order valence-electron chi connectivity index (χ1n) is 7.82. The third kappa shape index (κ3) is 3.02. The number of para-hydroxylation sites is 1. The van der Waals surface area contributed by atoms with E-state index in [1.807, 2.05) is 6.07 Å². The predicted molar refractivity (Wildman–Crippen MR) is 88.8 cm³/mol. The number of nitrogens with one attached hydrogen (secondary N) is 1. The van der Waals surface area contributed by atoms with Gasteiger partial charge in [-0.25, -0.2) is 4.98 Å². The van der Waals surface area contributed by atoms with Crippen molar-refractivity contribution in [3.63, 3.8) is 0 Å². The second-order valence-corrected chi connectivity index (χ2v) is 5.69. The number of hydrogen-bond acceptors (Lipinski definition) is 3. The molecule has 0 spiro atoms. The zero-order chi connectivity index (χ0) is 14.7. The number of nitrogens with zero attached hydrogens (tertiary/aromatic N) is 2. The van der Waals surface area contributed by atoms with Crippen molar-refractivity contribution in [1.29, 1.82) is 0 Å². The first-order chi connectivity index (χ1) is 10.3. The molecule has 0 saturated carbocycles. The molecule has 1 aromatic carbocycles. The fourth-order valence-corrected chi connectivity index (χ4v) is 3.02. The molecule has 3 heteroatoms. The van der Waals surface area contributed by atoms with Gasteiger partial charge in [0, 0.05) is 18.3 Å². The number of aromatic nitrogens is 1. The third-order valence-electron chi connectivity index (χ3n) is 4.16. The molecule has 0 amide bonds. The van der Waals surface area contributed by atoms with Gasteiger partial charge in [-0.2, -0.15) is 0 Å². The van der Waals surface area contributed by atoms with Crippen molar-refractivity contribution in [2.24, 2.45) is 0 Å². The van der Waals surface area contributed by atoms with Crippen LogP contribution < -0.4 is 10.2 Å². The fourth-order valence-electron chi connectivity index (χ4n) is 3.02. The lowest BCUT2D eigenvalue weighted by atomic mass is 9.96. The molecule has 21 heavy (non-hydrogen) atoms. The zero-order valence-electron chi connectivity index (χ0n) is 12.8. The van der Waals surface area contributed by atoms with Crippen LogP contribution in [0.3, 0.4) is 0 Å². The monoisotopic (exact) mass is 281 g/mol. The van der Waals surface area contributed by atoms with Crippen LogP contribution in [-0.4, -0.2) is 17.6 Å². The number of rotatable bonds is 4. The van der Waals surface area contributed by atoms with Crippen molar-refractivity contribution in [2.75, 3.05) is 16.8 Å². The summed E-state index contributed by atoms with van der Waals surface area (Å²) in [4.78, 5) is 7.19. The number of aryl methyl sites for hydroxylation is 1. The molecule has 110 valence electrons. The van der Waals surface area contributed by atoms with Crippen LogP contribution in [0.5, 0.6) is 0 Å². The minimum Gasteiger partial charge on any atom is -0.370 e. The molecule has 1 unspecified atom stereocenters. The minimum absolute atomic E-state index is 0.560. The van der Waals surface area contributed by atoms with Gasteiger partial charge in [-0.1, -0.05) is 24.3 Å². The van der Waals surface area contributed by atoms with Crippen molar-refractivity contribution in [3.05, 3.63) is 53.7 Å². The van der Waals surface area contributed by atoms with Crippen LogP contribution in [0.2, 0.25) is 0 Å². The van der Waals surface area contributed by atoms with Crippen LogP contribution in [0.15, 0.2) is 42.5 Å². The number of fused-ring (bicyclic) bond motifs is 1. The topological polar surface area (TPSA) is 28.2 Å². The Labute approximate surface area is 127 Å². The average Bonchev–Trinajstić information content (AvgIpc) is 2.51. The second kappa shape index (κ2) is 6.17. The van der Waals surface area contributed by atoms with Crippen molar-refractivity contribution in [2.45, 2.75) is 39.3 Å². The molecular weight excluding hydrogens is 258 g/mol. The quantitative estimate of drug-likeness (QED) is 0.922. The molecule has 1 atom stereocenters. The van der Waals surface area contributed by atoms with E-state index in [2.05, 4.69) is 60.5 Å². The van der Waals surface area contributed by atoms with Gasteiger partial charge in [0.25, 0.3) is 0 Å². The van der Waals surface area contributed by atoms with E-state index >= 15 is 0 Å². The van der Waals surface area contributed by atoms with E-state index in [9.17, 15) is 0 Å². The molecule has 1 aliphatic rings. The highest BCUT2D eigenvalue weighted by atomic mass is 15.2. The van der Waals surface area contributed by atoms with E-state index < -0.39 is 0 Å². The van der Waals surface area contributed by atoms with Gasteiger partial charge in [0.05, 0.1) is 12.2 Å². The Morgan fingerprint density at radius 1 is 1.19 bits per heavy atom. The van der Waals surface area contributed by atoms with E-state index in [-0.39, 0.29) is 0 Å². The molecule has 1 aliphatic heterocycles. The lowest BCUT2D eigenvalue weighted by molar-refractivity contribution is 0.557. The highest BCUT2D eigenvalue weighted by Gasteiger charge is 2.22. The van der Waals surface area contributed by atoms with E-state index in [0.717, 1.165) is 24.6 Å². The smallest absolute Gasteiger partial charge is 0.126 e. The van der Waals surface area contributed by atoms with Gasteiger partial charge in [-0.3, -0.25) is 0 Å². The van der Waals surface area contributed by atoms with Gasteiger partial charge in [0.15, 0.2) is 0 Å². The lowest BCUT2D eigenvalue weighted by Gasteiger charge is -2.37. The molecule has 0 radical (unpaired) electrons. The SMILES string of the molecule is CCNc1cccc(CN2c3ccccc3CCC2C)n1. The first kappa shape index (κ1) is 13.9. The average molecular weight is 281 g/mol. The molecule has 0 aliphatic carbocycles. The lowest BCUT2D eigenvalue weighted by Crippen LogP contribution is -2.36. The Morgan fingerprint density at radius 3 is 2.90 bits per heavy atom. The molecule has 0 bridgehead atoms. The predicted octanol–water partition coefficient (Wildman–Crippen LogP) is 3.85. The van der Waals surface area contributed by atoms with E-state index in [1.54, 1.807) is 0 Å². The van der Waals surface area contributed by atoms with Gasteiger partial charge >= 0.3 is 0 Å². The van der Waals surface area contributed by atoms with Gasteiger partial charge in [0.2, 0.25) is 0 Å². The summed E-state index contributed by atoms with van der Waals surface area (Å²) in [5, 5.41) is 3.29. The Kier molecular flexibility index (Phi) is 4.09. The molecule has 1 aromatic heterocycles. The van der Waals surface area contributed by atoms with Crippen LogP contribution in [0.25, 0.3) is 0 Å². The Morgan fingerprint density at radius 2 is 2.05 bits per heavy atom. The molecule has 0 saturated heterocycles. The Hall–Kier alpha value is -2.03. The highest BCUT2D eigenvalue weighted by Crippen LogP contribution is 2.31. The summed E-state index contributed by atoms with van der Waals surface area (Å²) in [6, 6.07) is 15.5. The van der Waals surface area contributed by atoms with Crippen molar-refractivity contribution in [3.8, 4) is 0 Å². The summed E-state index contributed by atoms with van der Waals surface area (Å²) < 4.78 is 0.